The van der Waals surface area contributed by atoms with Crippen molar-refractivity contribution in [1.29, 1.82) is 0 Å². The number of piperazine rings is 1. The van der Waals surface area contributed by atoms with Gasteiger partial charge in [0.1, 0.15) is 11.6 Å². The fraction of sp³-hybridized carbons (Fsp3) is 0.280. The van der Waals surface area contributed by atoms with Gasteiger partial charge in [-0.1, -0.05) is 12.1 Å². The Morgan fingerprint density at radius 3 is 2.53 bits per heavy atom. The van der Waals surface area contributed by atoms with E-state index in [0.29, 0.717) is 48.8 Å². The molecule has 3 heterocycles. The van der Waals surface area contributed by atoms with Crippen LogP contribution in [0.2, 0.25) is 0 Å². The first-order chi connectivity index (χ1) is 17.3. The molecule has 4 aromatic rings. The second-order valence-corrected chi connectivity index (χ2v) is 8.88. The number of fused-ring (bicyclic) bond motifs is 1. The number of carbonyl (C=O) groups excluding carboxylic acids is 1. The van der Waals surface area contributed by atoms with Crippen LogP contribution in [0.1, 0.15) is 10.5 Å². The summed E-state index contributed by atoms with van der Waals surface area (Å²) in [5.74, 6) is -2.17. The number of anilines is 1. The molecule has 0 saturated carbocycles. The highest BCUT2D eigenvalue weighted by molar-refractivity contribution is 5.99. The maximum absolute atomic E-state index is 13.7. The number of nitrogens with zero attached hydrogens (tertiary/aromatic N) is 6. The van der Waals surface area contributed by atoms with Crippen molar-refractivity contribution in [2.45, 2.75) is 6.04 Å². The van der Waals surface area contributed by atoms with Gasteiger partial charge in [-0.05, 0) is 24.7 Å². The van der Waals surface area contributed by atoms with Gasteiger partial charge in [-0.15, -0.1) is 0 Å². The fourth-order valence-electron chi connectivity index (χ4n) is 4.39. The van der Waals surface area contributed by atoms with Gasteiger partial charge in [-0.25, -0.2) is 18.2 Å². The van der Waals surface area contributed by atoms with Gasteiger partial charge >= 0.3 is 0 Å². The van der Waals surface area contributed by atoms with Crippen LogP contribution in [0.5, 0.6) is 0 Å². The normalized spacial score (nSPS) is 16.5. The van der Waals surface area contributed by atoms with Crippen molar-refractivity contribution in [2.75, 3.05) is 38.5 Å². The Kier molecular flexibility index (Phi) is 6.31. The zero-order chi connectivity index (χ0) is 25.4. The summed E-state index contributed by atoms with van der Waals surface area (Å²) in [5.41, 5.74) is 2.10. The first kappa shape index (κ1) is 23.7. The van der Waals surface area contributed by atoms with Crippen LogP contribution in [0.15, 0.2) is 48.8 Å². The maximum atomic E-state index is 13.7. The van der Waals surface area contributed by atoms with E-state index in [1.54, 1.807) is 35.0 Å². The lowest BCUT2D eigenvalue weighted by atomic mass is 10.0. The minimum Gasteiger partial charge on any atom is -0.367 e. The molecule has 1 unspecified atom stereocenters. The second kappa shape index (κ2) is 9.57. The number of halogens is 3. The number of rotatable bonds is 5. The molecule has 0 radical (unpaired) electrons. The third-order valence-electron chi connectivity index (χ3n) is 6.24. The highest BCUT2D eigenvalue weighted by Gasteiger charge is 2.32. The Morgan fingerprint density at radius 2 is 1.78 bits per heavy atom. The van der Waals surface area contributed by atoms with Gasteiger partial charge in [0.25, 0.3) is 5.91 Å². The molecule has 36 heavy (non-hydrogen) atoms. The van der Waals surface area contributed by atoms with Crippen molar-refractivity contribution < 1.29 is 18.0 Å². The summed E-state index contributed by atoms with van der Waals surface area (Å²) in [6.07, 6.45) is 3.19. The molecule has 5 rings (SSSR count). The predicted molar refractivity (Wildman–Crippen MR) is 129 cm³/mol. The number of aromatic nitrogens is 4. The van der Waals surface area contributed by atoms with E-state index < -0.39 is 11.6 Å². The molecule has 11 heteroatoms. The lowest BCUT2D eigenvalue weighted by molar-refractivity contribution is 0.0517. The topological polar surface area (TPSA) is 79.2 Å². The Morgan fingerprint density at radius 1 is 1.06 bits per heavy atom. The number of nitrogens with one attached hydrogen (secondary N) is 1. The molecule has 1 atom stereocenters. The number of carbonyl (C=O) groups is 1. The van der Waals surface area contributed by atoms with Gasteiger partial charge in [-0.3, -0.25) is 14.5 Å². The summed E-state index contributed by atoms with van der Waals surface area (Å²) in [5, 5.41) is 7.59. The molecule has 1 aliphatic rings. The number of likely N-dealkylation sites (N-methyl/N-ethyl adjacent to an activating group) is 1. The van der Waals surface area contributed by atoms with E-state index >= 15 is 0 Å². The van der Waals surface area contributed by atoms with Crippen molar-refractivity contribution >= 4 is 22.8 Å². The SMILES string of the molecule is CN1CCN(C(=O)c2nn(C)cc2-c2ccc(F)cc2)C(CNc2cnc3cc(F)c(F)cc3n2)C1. The van der Waals surface area contributed by atoms with E-state index in [9.17, 15) is 18.0 Å². The molecule has 0 aliphatic carbocycles. The van der Waals surface area contributed by atoms with E-state index in [1.165, 1.54) is 18.3 Å². The number of hydrogen-bond acceptors (Lipinski definition) is 6. The quantitative estimate of drug-likeness (QED) is 0.458. The molecular formula is C25H24F3N7O. The molecular weight excluding hydrogens is 471 g/mol. The van der Waals surface area contributed by atoms with Gasteiger partial charge < -0.3 is 15.1 Å². The molecule has 1 aliphatic heterocycles. The highest BCUT2D eigenvalue weighted by Crippen LogP contribution is 2.26. The Hall–Kier alpha value is -3.99. The van der Waals surface area contributed by atoms with Crippen molar-refractivity contribution in [2.24, 2.45) is 7.05 Å². The Bertz CT molecular complexity index is 1420. The third-order valence-corrected chi connectivity index (χ3v) is 6.24. The molecule has 0 spiro atoms. The second-order valence-electron chi connectivity index (χ2n) is 8.88. The smallest absolute Gasteiger partial charge is 0.275 e. The van der Waals surface area contributed by atoms with Gasteiger partial charge in [0, 0.05) is 57.1 Å². The maximum Gasteiger partial charge on any atom is 0.275 e. The lowest BCUT2D eigenvalue weighted by Gasteiger charge is -2.40. The summed E-state index contributed by atoms with van der Waals surface area (Å²) in [7, 11) is 3.71. The van der Waals surface area contributed by atoms with E-state index in [2.05, 4.69) is 25.3 Å². The summed E-state index contributed by atoms with van der Waals surface area (Å²) in [4.78, 5) is 26.1. The Balaban J connectivity index is 1.38. The van der Waals surface area contributed by atoms with Crippen LogP contribution < -0.4 is 5.32 Å². The van der Waals surface area contributed by atoms with Crippen LogP contribution in [0.3, 0.4) is 0 Å². The average Bonchev–Trinajstić information content (AvgIpc) is 3.25. The summed E-state index contributed by atoms with van der Waals surface area (Å²) < 4.78 is 42.1. The van der Waals surface area contributed by atoms with Gasteiger partial charge in [0.2, 0.25) is 0 Å². The largest absolute Gasteiger partial charge is 0.367 e. The van der Waals surface area contributed by atoms with E-state index in [-0.39, 0.29) is 28.8 Å². The zero-order valence-corrected chi connectivity index (χ0v) is 19.8. The highest BCUT2D eigenvalue weighted by atomic mass is 19.2. The minimum absolute atomic E-state index is 0.221. The molecule has 1 N–H and O–H groups in total. The zero-order valence-electron chi connectivity index (χ0n) is 19.8. The van der Waals surface area contributed by atoms with Gasteiger partial charge in [0.15, 0.2) is 17.3 Å². The molecule has 1 amide bonds. The van der Waals surface area contributed by atoms with Crippen molar-refractivity contribution in [1.82, 2.24) is 29.5 Å². The molecule has 8 nitrogen and oxygen atoms in total. The van der Waals surface area contributed by atoms with Crippen LogP contribution in [0, 0.1) is 17.5 Å². The van der Waals surface area contributed by atoms with Crippen LogP contribution in [-0.4, -0.2) is 74.7 Å². The summed E-state index contributed by atoms with van der Waals surface area (Å²) >= 11 is 0. The lowest BCUT2D eigenvalue weighted by Crippen LogP contribution is -2.56. The Labute approximate surface area is 205 Å². The standard InChI is InChI=1S/C25H24F3N7O/c1-33-7-8-35(25(36)24-18(14-34(2)32-24)15-3-5-16(26)6-4-15)17(13-33)11-30-23-12-29-21-9-19(27)20(28)10-22(21)31-23/h3-6,9-10,12,14,17H,7-8,11,13H2,1-2H3,(H,30,31). The predicted octanol–water partition coefficient (Wildman–Crippen LogP) is 3.32. The first-order valence-electron chi connectivity index (χ1n) is 11.4. The minimum atomic E-state index is -0.994. The van der Waals surface area contributed by atoms with Crippen molar-refractivity contribution in [3.8, 4) is 11.1 Å². The van der Waals surface area contributed by atoms with Crippen molar-refractivity contribution in [3.63, 3.8) is 0 Å². The van der Waals surface area contributed by atoms with E-state index in [0.717, 1.165) is 12.1 Å². The number of hydrogen-bond donors (Lipinski definition) is 1. The molecule has 186 valence electrons. The summed E-state index contributed by atoms with van der Waals surface area (Å²) in [6.45, 7) is 2.16. The van der Waals surface area contributed by atoms with Crippen LogP contribution in [-0.2, 0) is 7.05 Å². The summed E-state index contributed by atoms with van der Waals surface area (Å²) in [6, 6.07) is 7.74. The van der Waals surface area contributed by atoms with Gasteiger partial charge in [0.05, 0.1) is 23.3 Å². The number of aryl methyl sites for hydroxylation is 1. The molecule has 1 fully saturated rings. The molecule has 0 bridgehead atoms. The number of benzene rings is 2. The fourth-order valence-corrected chi connectivity index (χ4v) is 4.39. The van der Waals surface area contributed by atoms with Crippen LogP contribution >= 0.6 is 0 Å². The first-order valence-corrected chi connectivity index (χ1v) is 11.4. The molecule has 2 aromatic heterocycles. The molecule has 1 saturated heterocycles. The number of amides is 1. The molecule has 2 aromatic carbocycles. The van der Waals surface area contributed by atoms with Crippen LogP contribution in [0.25, 0.3) is 22.2 Å². The van der Waals surface area contributed by atoms with Crippen molar-refractivity contribution in [3.05, 3.63) is 71.9 Å². The average molecular weight is 496 g/mol. The monoisotopic (exact) mass is 495 g/mol. The van der Waals surface area contributed by atoms with E-state index in [4.69, 9.17) is 0 Å². The van der Waals surface area contributed by atoms with Crippen LogP contribution in [0.4, 0.5) is 19.0 Å². The van der Waals surface area contributed by atoms with Gasteiger partial charge in [-0.2, -0.15) is 5.10 Å². The third kappa shape index (κ3) is 4.74. The van der Waals surface area contributed by atoms with E-state index in [1.807, 2.05) is 7.05 Å².